The quantitative estimate of drug-likeness (QED) is 0.409. The summed E-state index contributed by atoms with van der Waals surface area (Å²) in [7, 11) is 3.51. The number of benzene rings is 1. The maximum Gasteiger partial charge on any atom is 0.410 e. The van der Waals surface area contributed by atoms with E-state index in [1.807, 2.05) is 42.9 Å². The molecule has 3 heterocycles. The monoisotopic (exact) mass is 616 g/mol. The fourth-order valence-corrected chi connectivity index (χ4v) is 6.54. The lowest BCUT2D eigenvalue weighted by Crippen LogP contribution is -2.50. The molecule has 1 aromatic carbocycles. The molecule has 10 nitrogen and oxygen atoms in total. The van der Waals surface area contributed by atoms with Gasteiger partial charge in [0.05, 0.1) is 36.0 Å². The molecule has 4 aliphatic rings. The van der Waals surface area contributed by atoms with Crippen LogP contribution in [0, 0.1) is 0 Å². The second-order valence-electron chi connectivity index (χ2n) is 12.6. The highest BCUT2D eigenvalue weighted by atomic mass is 35.5. The number of nitrogens with zero attached hydrogens (tertiary/aromatic N) is 5. The Morgan fingerprint density at radius 2 is 1.89 bits per heavy atom. The van der Waals surface area contributed by atoms with Crippen molar-refractivity contribution in [3.05, 3.63) is 82.2 Å². The fourth-order valence-electron chi connectivity index (χ4n) is 6.37. The Balaban J connectivity index is 1.28. The van der Waals surface area contributed by atoms with Crippen LogP contribution in [0.2, 0.25) is 5.02 Å². The van der Waals surface area contributed by atoms with Gasteiger partial charge in [-0.05, 0) is 79.1 Å². The summed E-state index contributed by atoms with van der Waals surface area (Å²) in [4.78, 5) is 40.0. The molecule has 2 atom stereocenters. The van der Waals surface area contributed by atoms with E-state index in [0.29, 0.717) is 44.0 Å². The first-order chi connectivity index (χ1) is 21.2. The SMILES string of the molecule is COC1(C(=O)NC(C2=Cc3cccnc3C(N3CCN(C(=O)OC4(C)CC4)CC3)c3ccc(Cl)cc32)c2cncn2C)CC1. The second-order valence-corrected chi connectivity index (χ2v) is 13.0. The zero-order valence-corrected chi connectivity index (χ0v) is 26.0. The van der Waals surface area contributed by atoms with Gasteiger partial charge in [-0.2, -0.15) is 0 Å². The average molecular weight is 617 g/mol. The lowest BCUT2D eigenvalue weighted by Gasteiger charge is -2.39. The van der Waals surface area contributed by atoms with E-state index in [-0.39, 0.29) is 23.6 Å². The molecule has 2 saturated carbocycles. The van der Waals surface area contributed by atoms with Gasteiger partial charge in [0, 0.05) is 51.6 Å². The summed E-state index contributed by atoms with van der Waals surface area (Å²) < 4.78 is 13.3. The van der Waals surface area contributed by atoms with Crippen LogP contribution in [0.25, 0.3) is 11.6 Å². The molecule has 1 saturated heterocycles. The van der Waals surface area contributed by atoms with Gasteiger partial charge < -0.3 is 24.3 Å². The molecule has 0 bridgehead atoms. The van der Waals surface area contributed by atoms with Crippen LogP contribution in [0.5, 0.6) is 0 Å². The highest BCUT2D eigenvalue weighted by molar-refractivity contribution is 6.30. The van der Waals surface area contributed by atoms with Crippen molar-refractivity contribution in [2.24, 2.45) is 7.05 Å². The van der Waals surface area contributed by atoms with E-state index in [1.165, 1.54) is 0 Å². The summed E-state index contributed by atoms with van der Waals surface area (Å²) in [6.45, 7) is 4.42. The van der Waals surface area contributed by atoms with Crippen molar-refractivity contribution in [1.29, 1.82) is 0 Å². The smallest absolute Gasteiger partial charge is 0.410 e. The Morgan fingerprint density at radius 1 is 1.11 bits per heavy atom. The van der Waals surface area contributed by atoms with Crippen molar-refractivity contribution in [2.45, 2.75) is 55.9 Å². The zero-order valence-electron chi connectivity index (χ0n) is 25.3. The van der Waals surface area contributed by atoms with E-state index >= 15 is 0 Å². The highest BCUT2D eigenvalue weighted by Gasteiger charge is 2.51. The minimum Gasteiger partial charge on any atom is -0.443 e. The van der Waals surface area contributed by atoms with Gasteiger partial charge >= 0.3 is 6.09 Å². The number of imidazole rings is 1. The summed E-state index contributed by atoms with van der Waals surface area (Å²) in [5.74, 6) is -0.147. The Morgan fingerprint density at radius 3 is 2.55 bits per heavy atom. The van der Waals surface area contributed by atoms with Crippen molar-refractivity contribution < 1.29 is 19.1 Å². The molecular weight excluding hydrogens is 580 g/mol. The number of aryl methyl sites for hydroxylation is 1. The van der Waals surface area contributed by atoms with Crippen LogP contribution < -0.4 is 5.32 Å². The number of halogens is 1. The van der Waals surface area contributed by atoms with E-state index in [4.69, 9.17) is 26.1 Å². The van der Waals surface area contributed by atoms with Gasteiger partial charge in [-0.15, -0.1) is 0 Å². The van der Waals surface area contributed by atoms with Crippen molar-refractivity contribution in [3.8, 4) is 0 Å². The zero-order chi connectivity index (χ0) is 30.6. The topological polar surface area (TPSA) is 102 Å². The first-order valence-electron chi connectivity index (χ1n) is 15.2. The standard InChI is InChI=1S/C33H37ClN6O4/c1-32(8-9-32)44-31(42)40-15-13-39(14-16-40)29-23-7-6-22(34)18-24(23)25(17-21-5-4-12-36-27(21)29)28(26-19-35-20-38(26)2)37-30(41)33(43-3)10-11-33/h4-7,12,17-20,28-29H,8-11,13-16H2,1-3H3,(H,37,41). The molecule has 2 amide bonds. The Bertz CT molecular complexity index is 1640. The maximum absolute atomic E-state index is 13.6. The van der Waals surface area contributed by atoms with E-state index < -0.39 is 11.6 Å². The molecular formula is C33H37ClN6O4. The van der Waals surface area contributed by atoms with Gasteiger partial charge in [0.2, 0.25) is 0 Å². The molecule has 3 aromatic rings. The number of carbonyl (C=O) groups is 2. The van der Waals surface area contributed by atoms with E-state index in [0.717, 1.165) is 46.5 Å². The fraction of sp³-hybridized carbons (Fsp3) is 0.455. The van der Waals surface area contributed by atoms with Crippen molar-refractivity contribution in [2.75, 3.05) is 33.3 Å². The highest BCUT2D eigenvalue weighted by Crippen LogP contribution is 2.46. The van der Waals surface area contributed by atoms with Crippen LogP contribution >= 0.6 is 11.6 Å². The average Bonchev–Trinajstić information content (AvgIpc) is 3.94. The van der Waals surface area contributed by atoms with Crippen LogP contribution in [-0.4, -0.2) is 80.8 Å². The summed E-state index contributed by atoms with van der Waals surface area (Å²) in [5, 5.41) is 3.91. The number of ether oxygens (including phenoxy) is 2. The molecule has 44 heavy (non-hydrogen) atoms. The van der Waals surface area contributed by atoms with Crippen LogP contribution in [0.3, 0.4) is 0 Å². The van der Waals surface area contributed by atoms with Gasteiger partial charge in [-0.1, -0.05) is 23.7 Å². The second kappa shape index (κ2) is 11.0. The van der Waals surface area contributed by atoms with Crippen LogP contribution in [0.4, 0.5) is 4.79 Å². The number of rotatable bonds is 7. The molecule has 3 aliphatic carbocycles. The number of hydrogen-bond donors (Lipinski definition) is 1. The number of pyridine rings is 1. The number of amides is 2. The van der Waals surface area contributed by atoms with Gasteiger partial charge in [-0.25, -0.2) is 9.78 Å². The molecule has 7 rings (SSSR count). The number of carbonyl (C=O) groups excluding carboxylic acids is 2. The lowest BCUT2D eigenvalue weighted by molar-refractivity contribution is -0.134. The van der Waals surface area contributed by atoms with Gasteiger partial charge in [0.25, 0.3) is 5.91 Å². The molecule has 0 spiro atoms. The third-order valence-corrected chi connectivity index (χ3v) is 9.77. The number of methoxy groups -OCH3 is 1. The van der Waals surface area contributed by atoms with Crippen molar-refractivity contribution >= 4 is 35.3 Å². The Hall–Kier alpha value is -3.73. The third-order valence-electron chi connectivity index (χ3n) is 9.53. The van der Waals surface area contributed by atoms with Gasteiger partial charge in [-0.3, -0.25) is 14.7 Å². The first-order valence-corrected chi connectivity index (χ1v) is 15.6. The third kappa shape index (κ3) is 5.29. The Labute approximate surface area is 262 Å². The predicted octanol–water partition coefficient (Wildman–Crippen LogP) is 4.76. The summed E-state index contributed by atoms with van der Waals surface area (Å²) in [5.41, 5.74) is 4.45. The molecule has 11 heteroatoms. The predicted molar refractivity (Wildman–Crippen MR) is 166 cm³/mol. The number of hydrogen-bond acceptors (Lipinski definition) is 7. The number of piperazine rings is 1. The number of nitrogens with one attached hydrogen (secondary N) is 1. The molecule has 0 radical (unpaired) electrons. The van der Waals surface area contributed by atoms with Crippen molar-refractivity contribution in [3.63, 3.8) is 0 Å². The molecule has 230 valence electrons. The summed E-state index contributed by atoms with van der Waals surface area (Å²) >= 11 is 6.68. The van der Waals surface area contributed by atoms with E-state index in [2.05, 4.69) is 33.4 Å². The first kappa shape index (κ1) is 29.0. The molecule has 1 aliphatic heterocycles. The van der Waals surface area contributed by atoms with Crippen LogP contribution in [0.15, 0.2) is 49.1 Å². The van der Waals surface area contributed by atoms with E-state index in [9.17, 15) is 9.59 Å². The summed E-state index contributed by atoms with van der Waals surface area (Å²) in [6, 6.07) is 9.22. The van der Waals surface area contributed by atoms with E-state index in [1.54, 1.807) is 24.5 Å². The van der Waals surface area contributed by atoms with Crippen molar-refractivity contribution in [1.82, 2.24) is 29.7 Å². The molecule has 2 aromatic heterocycles. The normalized spacial score (nSPS) is 22.1. The minimum atomic E-state index is -0.807. The largest absolute Gasteiger partial charge is 0.443 e. The lowest BCUT2D eigenvalue weighted by atomic mass is 9.89. The number of fused-ring (bicyclic) bond motifs is 2. The minimum absolute atomic E-state index is 0.147. The summed E-state index contributed by atoms with van der Waals surface area (Å²) in [6.07, 6.45) is 10.4. The van der Waals surface area contributed by atoms with Crippen LogP contribution in [-0.2, 0) is 21.3 Å². The number of aromatic nitrogens is 3. The molecule has 3 fully saturated rings. The Kier molecular flexibility index (Phi) is 7.26. The molecule has 1 N–H and O–H groups in total. The van der Waals surface area contributed by atoms with Crippen LogP contribution in [0.1, 0.15) is 72.8 Å². The van der Waals surface area contributed by atoms with Gasteiger partial charge in [0.1, 0.15) is 11.2 Å². The molecule has 2 unspecified atom stereocenters. The maximum atomic E-state index is 13.6. The van der Waals surface area contributed by atoms with Gasteiger partial charge in [0.15, 0.2) is 0 Å².